The predicted octanol–water partition coefficient (Wildman–Crippen LogP) is 1.29. The van der Waals surface area contributed by atoms with Crippen molar-refractivity contribution in [3.05, 3.63) is 41.7 Å². The number of hydrogen-bond acceptors (Lipinski definition) is 7. The third-order valence-corrected chi connectivity index (χ3v) is 3.31. The zero-order chi connectivity index (χ0) is 17.7. The Morgan fingerprint density at radius 2 is 1.71 bits per heavy atom. The van der Waals surface area contributed by atoms with E-state index in [9.17, 15) is 5.11 Å². The lowest BCUT2D eigenvalue weighted by Crippen LogP contribution is -2.38. The maximum absolute atomic E-state index is 10.2. The Kier molecular flexibility index (Phi) is 5.69. The topological polar surface area (TPSA) is 91.4 Å². The van der Waals surface area contributed by atoms with Crippen LogP contribution in [0.15, 0.2) is 30.3 Å². The maximum Gasteiger partial charge on any atom is 0.229 e. The van der Waals surface area contributed by atoms with Crippen LogP contribution in [0.3, 0.4) is 0 Å². The molecule has 0 saturated carbocycles. The van der Waals surface area contributed by atoms with E-state index in [0.717, 1.165) is 5.56 Å². The summed E-state index contributed by atoms with van der Waals surface area (Å²) in [5.74, 6) is 1.32. The molecule has 1 aromatic heterocycles. The molecule has 0 aliphatic rings. The molecule has 0 radical (unpaired) electrons. The van der Waals surface area contributed by atoms with Crippen LogP contribution in [-0.2, 0) is 13.1 Å². The highest BCUT2D eigenvalue weighted by Crippen LogP contribution is 2.14. The zero-order valence-electron chi connectivity index (χ0n) is 14.8. The summed E-state index contributed by atoms with van der Waals surface area (Å²) >= 11 is 0. The number of nitrogen functional groups attached to an aromatic ring is 1. The first-order valence-electron chi connectivity index (χ1n) is 7.89. The van der Waals surface area contributed by atoms with Gasteiger partial charge >= 0.3 is 0 Å². The van der Waals surface area contributed by atoms with E-state index < -0.39 is 5.60 Å². The number of nitrogens with zero attached hydrogens (tertiary/aromatic N) is 5. The second-order valence-electron chi connectivity index (χ2n) is 6.75. The normalized spacial score (nSPS) is 11.8. The number of aromatic nitrogens is 3. The molecule has 0 amide bonds. The summed E-state index contributed by atoms with van der Waals surface area (Å²) in [6.45, 7) is 5.24. The molecule has 7 heteroatoms. The molecule has 3 N–H and O–H groups in total. The largest absolute Gasteiger partial charge is 0.389 e. The maximum atomic E-state index is 10.2. The summed E-state index contributed by atoms with van der Waals surface area (Å²) in [5, 5.41) is 10.2. The van der Waals surface area contributed by atoms with Gasteiger partial charge in [0, 0.05) is 27.2 Å². The summed E-state index contributed by atoms with van der Waals surface area (Å²) in [6, 6.07) is 10.1. The lowest BCUT2D eigenvalue weighted by molar-refractivity contribution is 0.0298. The summed E-state index contributed by atoms with van der Waals surface area (Å²) in [6.07, 6.45) is 0. The first kappa shape index (κ1) is 18.1. The molecule has 0 aliphatic carbocycles. The van der Waals surface area contributed by atoms with Crippen molar-refractivity contribution >= 4 is 11.9 Å². The molecule has 7 nitrogen and oxygen atoms in total. The number of nitrogens with two attached hydrogens (primary N) is 1. The van der Waals surface area contributed by atoms with Gasteiger partial charge in [0.1, 0.15) is 5.82 Å². The number of rotatable bonds is 7. The van der Waals surface area contributed by atoms with Gasteiger partial charge in [0.25, 0.3) is 0 Å². The first-order valence-corrected chi connectivity index (χ1v) is 7.89. The lowest BCUT2D eigenvalue weighted by Gasteiger charge is -2.28. The Morgan fingerprint density at radius 3 is 2.29 bits per heavy atom. The van der Waals surface area contributed by atoms with E-state index in [-0.39, 0.29) is 5.95 Å². The van der Waals surface area contributed by atoms with Crippen LogP contribution in [0.1, 0.15) is 25.2 Å². The van der Waals surface area contributed by atoms with Gasteiger partial charge in [-0.3, -0.25) is 4.90 Å². The molecule has 0 spiro atoms. The van der Waals surface area contributed by atoms with Gasteiger partial charge in [0.2, 0.25) is 11.9 Å². The second kappa shape index (κ2) is 7.55. The molecule has 1 aromatic carbocycles. The highest BCUT2D eigenvalue weighted by atomic mass is 16.3. The molecule has 130 valence electrons. The molecule has 0 fully saturated rings. The minimum Gasteiger partial charge on any atom is -0.389 e. The Morgan fingerprint density at radius 1 is 1.04 bits per heavy atom. The molecule has 0 saturated heterocycles. The van der Waals surface area contributed by atoms with Crippen LogP contribution in [0.2, 0.25) is 0 Å². The molecule has 0 bridgehead atoms. The molecule has 24 heavy (non-hydrogen) atoms. The summed E-state index contributed by atoms with van der Waals surface area (Å²) in [5.41, 5.74) is 6.14. The quantitative estimate of drug-likeness (QED) is 0.790. The van der Waals surface area contributed by atoms with Gasteiger partial charge in [-0.2, -0.15) is 15.0 Å². The van der Waals surface area contributed by atoms with E-state index >= 15 is 0 Å². The van der Waals surface area contributed by atoms with Gasteiger partial charge in [0.05, 0.1) is 12.1 Å². The molecule has 1 heterocycles. The molecular weight excluding hydrogens is 304 g/mol. The molecule has 2 rings (SSSR count). The van der Waals surface area contributed by atoms with E-state index in [0.29, 0.717) is 31.4 Å². The van der Waals surface area contributed by atoms with Crippen LogP contribution in [-0.4, -0.2) is 51.2 Å². The van der Waals surface area contributed by atoms with Gasteiger partial charge in [-0.1, -0.05) is 30.3 Å². The highest BCUT2D eigenvalue weighted by Gasteiger charge is 2.20. The van der Waals surface area contributed by atoms with Crippen LogP contribution in [0.25, 0.3) is 0 Å². The van der Waals surface area contributed by atoms with Crippen LogP contribution >= 0.6 is 0 Å². The summed E-state index contributed by atoms with van der Waals surface area (Å²) in [4.78, 5) is 16.7. The van der Waals surface area contributed by atoms with Crippen LogP contribution in [0.4, 0.5) is 11.9 Å². The fourth-order valence-corrected chi connectivity index (χ4v) is 2.45. The zero-order valence-corrected chi connectivity index (χ0v) is 14.8. The van der Waals surface area contributed by atoms with E-state index in [1.807, 2.05) is 32.3 Å². The fourth-order valence-electron chi connectivity index (χ4n) is 2.45. The van der Waals surface area contributed by atoms with Crippen molar-refractivity contribution in [3.63, 3.8) is 0 Å². The average Bonchev–Trinajstić information content (AvgIpc) is 2.45. The van der Waals surface area contributed by atoms with Crippen molar-refractivity contribution < 1.29 is 5.11 Å². The standard InChI is InChI=1S/C17H26N6O/c1-17(2,24)12-23(10-13-8-6-5-7-9-13)11-14-19-15(18)21-16(20-14)22(3)4/h5-9,24H,10-12H2,1-4H3,(H2,18,19,20,21). The van der Waals surface area contributed by atoms with Gasteiger partial charge in [-0.15, -0.1) is 0 Å². The van der Waals surface area contributed by atoms with E-state index in [4.69, 9.17) is 5.73 Å². The van der Waals surface area contributed by atoms with Crippen molar-refractivity contribution in [2.45, 2.75) is 32.5 Å². The third kappa shape index (κ3) is 5.75. The number of benzene rings is 1. The Balaban J connectivity index is 2.21. The minimum atomic E-state index is -0.822. The van der Waals surface area contributed by atoms with E-state index in [1.165, 1.54) is 0 Å². The highest BCUT2D eigenvalue weighted by molar-refractivity contribution is 5.32. The van der Waals surface area contributed by atoms with Gasteiger partial charge in [-0.25, -0.2) is 0 Å². The molecule has 0 atom stereocenters. The molecule has 2 aromatic rings. The minimum absolute atomic E-state index is 0.201. The Hall–Kier alpha value is -2.25. The fraction of sp³-hybridized carbons (Fsp3) is 0.471. The molecule has 0 aliphatic heterocycles. The lowest BCUT2D eigenvalue weighted by atomic mass is 10.1. The van der Waals surface area contributed by atoms with Crippen molar-refractivity contribution in [1.82, 2.24) is 19.9 Å². The van der Waals surface area contributed by atoms with Crippen molar-refractivity contribution in [2.24, 2.45) is 0 Å². The van der Waals surface area contributed by atoms with Crippen LogP contribution < -0.4 is 10.6 Å². The first-order chi connectivity index (χ1) is 11.2. The second-order valence-corrected chi connectivity index (χ2v) is 6.75. The van der Waals surface area contributed by atoms with Crippen molar-refractivity contribution in [3.8, 4) is 0 Å². The van der Waals surface area contributed by atoms with Gasteiger partial charge in [0.15, 0.2) is 0 Å². The molecular formula is C17H26N6O. The summed E-state index contributed by atoms with van der Waals surface area (Å²) < 4.78 is 0. The van der Waals surface area contributed by atoms with E-state index in [2.05, 4.69) is 32.0 Å². The number of anilines is 2. The smallest absolute Gasteiger partial charge is 0.229 e. The van der Waals surface area contributed by atoms with Gasteiger partial charge in [-0.05, 0) is 19.4 Å². The summed E-state index contributed by atoms with van der Waals surface area (Å²) in [7, 11) is 3.72. The Bertz CT molecular complexity index is 654. The predicted molar refractivity (Wildman–Crippen MR) is 95.4 cm³/mol. The number of hydrogen-bond donors (Lipinski definition) is 2. The van der Waals surface area contributed by atoms with E-state index in [1.54, 1.807) is 18.7 Å². The van der Waals surface area contributed by atoms with Crippen LogP contribution in [0, 0.1) is 0 Å². The average molecular weight is 330 g/mol. The van der Waals surface area contributed by atoms with Gasteiger partial charge < -0.3 is 15.7 Å². The van der Waals surface area contributed by atoms with Crippen molar-refractivity contribution in [2.75, 3.05) is 31.3 Å². The number of aliphatic hydroxyl groups is 1. The molecule has 0 unspecified atom stereocenters. The third-order valence-electron chi connectivity index (χ3n) is 3.31. The van der Waals surface area contributed by atoms with Crippen molar-refractivity contribution in [1.29, 1.82) is 0 Å². The Labute approximate surface area is 143 Å². The monoisotopic (exact) mass is 330 g/mol. The van der Waals surface area contributed by atoms with Crippen LogP contribution in [0.5, 0.6) is 0 Å². The SMILES string of the molecule is CN(C)c1nc(N)nc(CN(Cc2ccccc2)CC(C)(C)O)n1.